The predicted octanol–water partition coefficient (Wildman–Crippen LogP) is 8.17. The lowest BCUT2D eigenvalue weighted by Crippen LogP contribution is -2.47. The zero-order chi connectivity index (χ0) is 43.9. The number of likely N-dealkylation sites (N-methyl/N-ethyl adjacent to an activating group) is 1. The second kappa shape index (κ2) is 19.3. The first kappa shape index (κ1) is 45.1. The van der Waals surface area contributed by atoms with Crippen LogP contribution in [0.5, 0.6) is 0 Å². The molecule has 4 N–H and O–H groups in total. The van der Waals surface area contributed by atoms with Crippen molar-refractivity contribution in [2.45, 2.75) is 26.3 Å². The molecular weight excluding hydrogens is 798 g/mol. The van der Waals surface area contributed by atoms with E-state index in [1.165, 1.54) is 27.6 Å². The number of nitrogens with zero attached hydrogens (tertiary/aromatic N) is 2. The van der Waals surface area contributed by atoms with Gasteiger partial charge in [-0.15, -0.1) is 0 Å². The smallest absolute Gasteiger partial charge is 0.338 e. The van der Waals surface area contributed by atoms with E-state index in [9.17, 15) is 54.3 Å². The molecule has 4 aromatic carbocycles. The molecule has 0 fully saturated rings. The number of carbonyl (C=O) groups excluding carboxylic acids is 1. The summed E-state index contributed by atoms with van der Waals surface area (Å²) in [6.45, 7) is 6.47. The molecule has 0 radical (unpaired) electrons. The molecule has 0 saturated heterocycles. The maximum absolute atomic E-state index is 12.9. The minimum Gasteiger partial charge on any atom is -0.478 e. The van der Waals surface area contributed by atoms with E-state index in [2.05, 4.69) is 61.3 Å². The zero-order valence-electron chi connectivity index (χ0n) is 31.3. The highest BCUT2D eigenvalue weighted by Crippen LogP contribution is 2.41. The molecule has 1 aliphatic heterocycles. The van der Waals surface area contributed by atoms with Crippen molar-refractivity contribution in [3.05, 3.63) is 147 Å². The Morgan fingerprint density at radius 2 is 1.29 bits per heavy atom. The van der Waals surface area contributed by atoms with E-state index >= 15 is 0 Å². The third-order valence-electron chi connectivity index (χ3n) is 9.33. The monoisotopic (exact) mass is 833 g/mol. The molecule has 2 aliphatic rings. The molecule has 59 heavy (non-hydrogen) atoms. The summed E-state index contributed by atoms with van der Waals surface area (Å²) in [7, 11) is 2.15. The number of aromatic nitrogens is 1. The van der Waals surface area contributed by atoms with Gasteiger partial charge in [0, 0.05) is 48.8 Å². The number of H-pyrrole nitrogens is 1. The molecular formula is C41H35F8N3O7. The number of fused-ring (bicyclic) bond motifs is 2. The number of nitrogens with one attached hydrogen (secondary N) is 1. The van der Waals surface area contributed by atoms with Crippen LogP contribution >= 0.6 is 0 Å². The van der Waals surface area contributed by atoms with Crippen molar-refractivity contribution in [1.82, 2.24) is 14.8 Å². The van der Waals surface area contributed by atoms with Gasteiger partial charge in [0.25, 0.3) is 0 Å². The number of aromatic carboxylic acids is 3. The molecule has 0 saturated carbocycles. The molecule has 1 aliphatic carbocycles. The third kappa shape index (κ3) is 10.1. The maximum Gasteiger partial charge on any atom is 0.338 e. The summed E-state index contributed by atoms with van der Waals surface area (Å²) in [5, 5.41) is 26.1. The van der Waals surface area contributed by atoms with Gasteiger partial charge >= 0.3 is 17.9 Å². The van der Waals surface area contributed by atoms with Crippen LogP contribution < -0.4 is 0 Å². The first-order chi connectivity index (χ1) is 27.8. The minimum atomic E-state index is -1.77. The molecule has 1 amide bonds. The quantitative estimate of drug-likeness (QED) is 0.0761. The van der Waals surface area contributed by atoms with Crippen molar-refractivity contribution < 1.29 is 69.6 Å². The van der Waals surface area contributed by atoms with Gasteiger partial charge in [-0.2, -0.15) is 0 Å². The molecule has 0 unspecified atom stereocenters. The first-order valence-corrected chi connectivity index (χ1v) is 17.5. The number of halogens is 8. The highest BCUT2D eigenvalue weighted by atomic mass is 19.2. The number of carbonyl (C=O) groups is 4. The Labute approximate surface area is 330 Å². The Morgan fingerprint density at radius 1 is 0.712 bits per heavy atom. The topological polar surface area (TPSA) is 151 Å². The predicted molar refractivity (Wildman–Crippen MR) is 198 cm³/mol. The molecule has 0 spiro atoms. The van der Waals surface area contributed by atoms with E-state index in [4.69, 9.17) is 15.3 Å². The third-order valence-corrected chi connectivity index (χ3v) is 9.33. The summed E-state index contributed by atoms with van der Waals surface area (Å²) >= 11 is 0. The SMILES string of the molecule is CCN(CC)C(=O)[C@@H]1C=C2c3cccc4[nH]cc(c34)C[C@H]2N(C)C1.O=C(O)c1cc(F)cc(F)c1F.O=C(O)c1ccc(F)c(F)c1F.O=C(O)c1cccc(F)c1F. The Hall–Kier alpha value is -6.56. The van der Waals surface area contributed by atoms with Crippen molar-refractivity contribution in [1.29, 1.82) is 0 Å². The average molecular weight is 834 g/mol. The highest BCUT2D eigenvalue weighted by Gasteiger charge is 2.36. The van der Waals surface area contributed by atoms with Crippen LogP contribution in [-0.4, -0.2) is 86.6 Å². The van der Waals surface area contributed by atoms with E-state index in [0.29, 0.717) is 24.2 Å². The first-order valence-electron chi connectivity index (χ1n) is 17.5. The fourth-order valence-corrected chi connectivity index (χ4v) is 6.45. The molecule has 2 heterocycles. The van der Waals surface area contributed by atoms with Gasteiger partial charge in [0.1, 0.15) is 11.4 Å². The summed E-state index contributed by atoms with van der Waals surface area (Å²) < 4.78 is 99.0. The van der Waals surface area contributed by atoms with Crippen molar-refractivity contribution in [2.24, 2.45) is 5.92 Å². The van der Waals surface area contributed by atoms with Gasteiger partial charge in [-0.25, -0.2) is 49.5 Å². The summed E-state index contributed by atoms with van der Waals surface area (Å²) in [5.41, 5.74) is 2.67. The van der Waals surface area contributed by atoms with Gasteiger partial charge in [0.2, 0.25) is 5.91 Å². The van der Waals surface area contributed by atoms with Crippen molar-refractivity contribution in [3.8, 4) is 0 Å². The fraction of sp³-hybridized carbons (Fsp3) is 0.220. The standard InChI is InChI=1S/C20H25N3O.2C7H3F3O2.C7H4F2O2/c1-4-23(5-2)20(24)14-9-16-15-7-6-8-17-19(15)13(11-21-17)10-18(16)22(3)12-14;8-3-1-4(7(11)12)6(10)5(9)2-3;8-4-2-1-3(7(11)12)5(9)6(4)10;8-5-3-1-2-4(6(5)9)7(10)11/h6-9,11,14,18,21H,4-5,10,12H2,1-3H3;2*1-2H,(H,11,12);1-3H,(H,10,11)/t14-,18-;;;/m1.../s1. The normalized spacial score (nSPS) is 15.2. The fourth-order valence-electron chi connectivity index (χ4n) is 6.45. The maximum atomic E-state index is 12.9. The number of aromatic amines is 1. The lowest BCUT2D eigenvalue weighted by Gasteiger charge is -2.40. The van der Waals surface area contributed by atoms with E-state index in [1.807, 2.05) is 4.90 Å². The number of amides is 1. The second-order valence-corrected chi connectivity index (χ2v) is 12.9. The van der Waals surface area contributed by atoms with Crippen LogP contribution in [0.3, 0.4) is 0 Å². The van der Waals surface area contributed by atoms with E-state index < -0.39 is 81.1 Å². The van der Waals surface area contributed by atoms with Crippen LogP contribution in [-0.2, 0) is 11.2 Å². The van der Waals surface area contributed by atoms with Gasteiger partial charge in [-0.05, 0) is 80.4 Å². The molecule has 7 rings (SSSR count). The van der Waals surface area contributed by atoms with E-state index in [0.717, 1.165) is 44.3 Å². The molecule has 5 aromatic rings. The molecule has 18 heteroatoms. The second-order valence-electron chi connectivity index (χ2n) is 12.9. The zero-order valence-corrected chi connectivity index (χ0v) is 31.3. The van der Waals surface area contributed by atoms with E-state index in [-0.39, 0.29) is 17.9 Å². The molecule has 0 bridgehead atoms. The number of hydrogen-bond acceptors (Lipinski definition) is 5. The average Bonchev–Trinajstić information content (AvgIpc) is 3.61. The van der Waals surface area contributed by atoms with Crippen LogP contribution in [0.1, 0.15) is 56.0 Å². The Bertz CT molecular complexity index is 2430. The summed E-state index contributed by atoms with van der Waals surface area (Å²) in [6, 6.07) is 11.7. The lowest BCUT2D eigenvalue weighted by atomic mass is 9.79. The largest absolute Gasteiger partial charge is 0.478 e. The van der Waals surface area contributed by atoms with Gasteiger partial charge < -0.3 is 25.2 Å². The van der Waals surface area contributed by atoms with Gasteiger partial charge in [-0.1, -0.05) is 24.3 Å². The van der Waals surface area contributed by atoms with Crippen LogP contribution in [0.4, 0.5) is 35.1 Å². The highest BCUT2D eigenvalue weighted by molar-refractivity contribution is 5.99. The Kier molecular flexibility index (Phi) is 14.7. The van der Waals surface area contributed by atoms with Gasteiger partial charge in [0.15, 0.2) is 40.7 Å². The summed E-state index contributed by atoms with van der Waals surface area (Å²) in [6.07, 6.45) is 5.41. The van der Waals surface area contributed by atoms with E-state index in [1.54, 1.807) is 0 Å². The minimum absolute atomic E-state index is 0.0445. The number of rotatable bonds is 6. The van der Waals surface area contributed by atoms with Crippen LogP contribution in [0, 0.1) is 52.5 Å². The van der Waals surface area contributed by atoms with Crippen molar-refractivity contribution in [3.63, 3.8) is 0 Å². The number of carboxylic acids is 3. The van der Waals surface area contributed by atoms with Gasteiger partial charge in [0.05, 0.1) is 17.0 Å². The van der Waals surface area contributed by atoms with Crippen LogP contribution in [0.15, 0.2) is 72.9 Å². The molecule has 312 valence electrons. The lowest BCUT2D eigenvalue weighted by molar-refractivity contribution is -0.134. The number of hydrogen-bond donors (Lipinski definition) is 4. The van der Waals surface area contributed by atoms with Crippen molar-refractivity contribution in [2.75, 3.05) is 26.7 Å². The van der Waals surface area contributed by atoms with Crippen LogP contribution in [0.25, 0.3) is 16.5 Å². The summed E-state index contributed by atoms with van der Waals surface area (Å²) in [5.74, 6) is -16.1. The molecule has 1 aromatic heterocycles. The number of benzene rings is 4. The molecule has 2 atom stereocenters. The van der Waals surface area contributed by atoms with Gasteiger partial charge in [-0.3, -0.25) is 9.69 Å². The Morgan fingerprint density at radius 3 is 1.88 bits per heavy atom. The summed E-state index contributed by atoms with van der Waals surface area (Å²) in [4.78, 5) is 51.0. The molecule has 10 nitrogen and oxygen atoms in total. The Balaban J connectivity index is 0.000000187. The van der Waals surface area contributed by atoms with Crippen molar-refractivity contribution >= 4 is 40.3 Å². The number of carboxylic acid groups (broad SMARTS) is 3. The van der Waals surface area contributed by atoms with Crippen LogP contribution in [0.2, 0.25) is 0 Å².